The number of azide groups is 1. The summed E-state index contributed by atoms with van der Waals surface area (Å²) in [6.07, 6.45) is -19.4. The van der Waals surface area contributed by atoms with Gasteiger partial charge >= 0.3 is 0 Å². The predicted molar refractivity (Wildman–Crippen MR) is 298 cm³/mol. The van der Waals surface area contributed by atoms with Gasteiger partial charge < -0.3 is 62.3 Å². The molecule has 6 saturated heterocycles. The molecule has 6 fully saturated rings. The molecule has 0 spiro atoms. The standard InChI is InChI=1S/C63H69N5O17/c1-62(2)58(71)67(59(62)72)45-52(77-32-39-24-14-7-15-25-39)50(42(80-54(45)65-66-64)34-75-30-37-20-10-5-11-21-37)84-56-46(68-60(73)63(3,4)61(68)74)53(78-33-40-26-16-8-17-27-40)51(43(81-56)35-76-31-38-22-12-6-13-23-38)85-57-48(70)47(69)49-44(82-57)36-79-55(83-49)41-28-18-9-19-29-41/h5-29,42-57,69-70H,30-36H2,1-4H3/t42-,43-,44-,45-,46-,47-,48+,49-,50-,51-,52-,53-,54-,55-,56+,57+/m1/s1. The van der Waals surface area contributed by atoms with Crippen LogP contribution in [0.25, 0.3) is 10.4 Å². The molecule has 22 heteroatoms. The molecule has 5 aromatic rings. The molecule has 0 saturated carbocycles. The number of hydrogen-bond donors (Lipinski definition) is 2. The Morgan fingerprint density at radius 1 is 0.529 bits per heavy atom. The zero-order chi connectivity index (χ0) is 59.4. The minimum Gasteiger partial charge on any atom is -0.387 e. The van der Waals surface area contributed by atoms with Crippen molar-refractivity contribution in [2.24, 2.45) is 15.9 Å². The van der Waals surface area contributed by atoms with Crippen LogP contribution in [0, 0.1) is 10.8 Å². The quantitative estimate of drug-likeness (QED) is 0.0256. The molecular formula is C63H69N5O17. The first-order chi connectivity index (χ1) is 41.1. The van der Waals surface area contributed by atoms with Gasteiger partial charge in [-0.1, -0.05) is 157 Å². The third-order valence-electron chi connectivity index (χ3n) is 16.4. The second-order valence-corrected chi connectivity index (χ2v) is 22.9. The number of benzene rings is 5. The van der Waals surface area contributed by atoms with Gasteiger partial charge in [0.25, 0.3) is 0 Å². The van der Waals surface area contributed by atoms with Gasteiger partial charge in [0.05, 0.1) is 46.2 Å². The number of aliphatic hydroxyl groups excluding tert-OH is 2. The van der Waals surface area contributed by atoms with Crippen molar-refractivity contribution in [3.05, 3.63) is 190 Å². The SMILES string of the molecule is CC1(C)C(=O)N([C@@H]2[C@@H](OCc3ccccc3)[C@H](O[C@@H]3O[C@H](COCc4ccccc4)[C@@H](O[C@@H]4O[C@@H]5CO[C@@H](c6ccccc6)O[C@H]5[C@H](O)[C@@H]4O)[C@H](OCc4ccccc4)[C@H]3N3C(=O)C(C)(C)C3=O)[C@@H](COCc3ccccc3)O[C@H]2N=[N+]=[N-])C1=O. The minimum absolute atomic E-state index is 0.0703. The van der Waals surface area contributed by atoms with E-state index in [0.29, 0.717) is 16.7 Å². The molecule has 16 atom stereocenters. The number of likely N-dealkylation sites (tertiary alicyclic amines) is 2. The van der Waals surface area contributed by atoms with E-state index in [4.69, 9.17) is 52.1 Å². The van der Waals surface area contributed by atoms with Gasteiger partial charge in [-0.15, -0.1) is 0 Å². The van der Waals surface area contributed by atoms with Crippen molar-refractivity contribution in [1.82, 2.24) is 9.80 Å². The summed E-state index contributed by atoms with van der Waals surface area (Å²) in [5.41, 5.74) is 10.8. The molecule has 6 aliphatic heterocycles. The largest absolute Gasteiger partial charge is 0.387 e. The van der Waals surface area contributed by atoms with Crippen LogP contribution in [-0.2, 0) is 97.7 Å². The Bertz CT molecular complexity index is 3110. The summed E-state index contributed by atoms with van der Waals surface area (Å²) in [6.45, 7) is 5.24. The third kappa shape index (κ3) is 12.4. The zero-order valence-corrected chi connectivity index (χ0v) is 47.4. The molecule has 6 heterocycles. The molecule has 6 aliphatic rings. The second kappa shape index (κ2) is 26.0. The predicted octanol–water partition coefficient (Wildman–Crippen LogP) is 6.21. The van der Waals surface area contributed by atoms with Crippen molar-refractivity contribution in [3.8, 4) is 0 Å². The van der Waals surface area contributed by atoms with E-state index >= 15 is 0 Å². The van der Waals surface area contributed by atoms with E-state index in [1.165, 1.54) is 27.7 Å². The van der Waals surface area contributed by atoms with Crippen molar-refractivity contribution < 1.29 is 81.5 Å². The third-order valence-corrected chi connectivity index (χ3v) is 16.4. The highest BCUT2D eigenvalue weighted by atomic mass is 16.8. The van der Waals surface area contributed by atoms with E-state index in [2.05, 4.69) is 10.0 Å². The summed E-state index contributed by atoms with van der Waals surface area (Å²) >= 11 is 0. The Morgan fingerprint density at radius 3 is 1.44 bits per heavy atom. The van der Waals surface area contributed by atoms with Crippen LogP contribution in [0.1, 0.15) is 61.8 Å². The first-order valence-corrected chi connectivity index (χ1v) is 28.4. The lowest BCUT2D eigenvalue weighted by atomic mass is 9.78. The second-order valence-electron chi connectivity index (χ2n) is 22.9. The molecular weight excluding hydrogens is 1100 g/mol. The van der Waals surface area contributed by atoms with E-state index in [9.17, 15) is 34.9 Å². The van der Waals surface area contributed by atoms with Crippen LogP contribution in [0.4, 0.5) is 0 Å². The van der Waals surface area contributed by atoms with Crippen molar-refractivity contribution in [3.63, 3.8) is 0 Å². The number of carbonyl (C=O) groups is 4. The molecule has 448 valence electrons. The number of rotatable bonds is 22. The number of β-lactam (4-membered cyclic amide) rings is 4. The molecule has 85 heavy (non-hydrogen) atoms. The number of amides is 4. The van der Waals surface area contributed by atoms with E-state index < -0.39 is 133 Å². The van der Waals surface area contributed by atoms with Gasteiger partial charge in [0.2, 0.25) is 23.6 Å². The molecule has 0 aromatic heterocycles. The van der Waals surface area contributed by atoms with Gasteiger partial charge in [-0.25, -0.2) is 0 Å². The summed E-state index contributed by atoms with van der Waals surface area (Å²) in [5.74, 6) is -2.45. The highest BCUT2D eigenvalue weighted by Crippen LogP contribution is 2.46. The lowest BCUT2D eigenvalue weighted by molar-refractivity contribution is -0.389. The number of imide groups is 2. The van der Waals surface area contributed by atoms with Crippen LogP contribution in [0.2, 0.25) is 0 Å². The van der Waals surface area contributed by atoms with E-state index in [0.717, 1.165) is 20.9 Å². The van der Waals surface area contributed by atoms with Crippen molar-refractivity contribution in [2.75, 3.05) is 19.8 Å². The smallest absolute Gasteiger partial charge is 0.244 e. The average Bonchev–Trinajstić information content (AvgIpc) is 0.862. The molecule has 0 unspecified atom stereocenters. The summed E-state index contributed by atoms with van der Waals surface area (Å²) in [7, 11) is 0. The summed E-state index contributed by atoms with van der Waals surface area (Å²) in [6, 6.07) is 43.0. The summed E-state index contributed by atoms with van der Waals surface area (Å²) in [5, 5.41) is 28.0. The Balaban J connectivity index is 1.01. The molecule has 11 rings (SSSR count). The molecule has 4 amide bonds. The molecule has 0 radical (unpaired) electrons. The van der Waals surface area contributed by atoms with Gasteiger partial charge in [0, 0.05) is 10.5 Å². The monoisotopic (exact) mass is 1170 g/mol. The van der Waals surface area contributed by atoms with E-state index in [1.807, 2.05) is 152 Å². The van der Waals surface area contributed by atoms with Gasteiger partial charge in [0.15, 0.2) is 25.1 Å². The zero-order valence-electron chi connectivity index (χ0n) is 47.4. The van der Waals surface area contributed by atoms with Crippen LogP contribution in [0.15, 0.2) is 157 Å². The fraction of sp³-hybridized carbons (Fsp3) is 0.460. The molecule has 5 aromatic carbocycles. The molecule has 0 bridgehead atoms. The molecule has 0 aliphatic carbocycles. The lowest BCUT2D eigenvalue weighted by Crippen LogP contribution is -2.77. The molecule has 22 nitrogen and oxygen atoms in total. The first kappa shape index (κ1) is 59.9. The topological polar surface area (TPSA) is 266 Å². The maximum atomic E-state index is 14.8. The van der Waals surface area contributed by atoms with Crippen LogP contribution in [-0.4, -0.2) is 155 Å². The van der Waals surface area contributed by atoms with Crippen molar-refractivity contribution >= 4 is 23.6 Å². The van der Waals surface area contributed by atoms with Crippen LogP contribution in [0.5, 0.6) is 0 Å². The number of ether oxygens (including phenoxy) is 11. The minimum atomic E-state index is -1.76. The Labute approximate surface area is 491 Å². The first-order valence-electron chi connectivity index (χ1n) is 28.4. The average molecular weight is 1170 g/mol. The maximum absolute atomic E-state index is 14.8. The Kier molecular flexibility index (Phi) is 18.3. The Morgan fingerprint density at radius 2 is 0.953 bits per heavy atom. The highest BCUT2D eigenvalue weighted by Gasteiger charge is 2.66. The summed E-state index contributed by atoms with van der Waals surface area (Å²) in [4.78, 5) is 63.1. The fourth-order valence-corrected chi connectivity index (χ4v) is 11.6. The normalized spacial score (nSPS) is 32.4. The summed E-state index contributed by atoms with van der Waals surface area (Å²) < 4.78 is 73.5. The van der Waals surface area contributed by atoms with Crippen LogP contribution in [0.3, 0.4) is 0 Å². The number of nitrogens with zero attached hydrogens (tertiary/aromatic N) is 5. The van der Waals surface area contributed by atoms with Crippen molar-refractivity contribution in [1.29, 1.82) is 0 Å². The number of fused-ring (bicyclic) bond motifs is 1. The van der Waals surface area contributed by atoms with Gasteiger partial charge in [-0.05, 0) is 55.5 Å². The van der Waals surface area contributed by atoms with Crippen LogP contribution < -0.4 is 0 Å². The molecule has 2 N–H and O–H groups in total. The Hall–Kier alpha value is -6.83. The van der Waals surface area contributed by atoms with Crippen LogP contribution >= 0.6 is 0 Å². The number of aliphatic hydroxyl groups is 2. The highest BCUT2D eigenvalue weighted by molar-refractivity contribution is 6.22. The number of hydrogen-bond acceptors (Lipinski definition) is 18. The fourth-order valence-electron chi connectivity index (χ4n) is 11.6. The maximum Gasteiger partial charge on any atom is 0.244 e. The van der Waals surface area contributed by atoms with Gasteiger partial charge in [-0.3, -0.25) is 29.0 Å². The van der Waals surface area contributed by atoms with Crippen molar-refractivity contribution in [2.45, 2.75) is 152 Å². The van der Waals surface area contributed by atoms with Gasteiger partial charge in [-0.2, -0.15) is 0 Å². The van der Waals surface area contributed by atoms with E-state index in [-0.39, 0.29) is 46.2 Å². The lowest BCUT2D eigenvalue weighted by Gasteiger charge is -2.57. The van der Waals surface area contributed by atoms with Gasteiger partial charge in [0.1, 0.15) is 84.0 Å². The number of carbonyl (C=O) groups excluding carboxylic acids is 4. The van der Waals surface area contributed by atoms with E-state index in [1.54, 1.807) is 0 Å².